The molecule has 1 aliphatic carbocycles. The van der Waals surface area contributed by atoms with Gasteiger partial charge in [-0.3, -0.25) is 4.98 Å². The van der Waals surface area contributed by atoms with Crippen molar-refractivity contribution >= 4 is 22.7 Å². The molecule has 7 aromatic carbocycles. The van der Waals surface area contributed by atoms with Gasteiger partial charge in [-0.1, -0.05) is 182 Å². The van der Waals surface area contributed by atoms with Crippen molar-refractivity contribution in [1.29, 1.82) is 0 Å². The number of rotatable bonds is 4. The Morgan fingerprint density at radius 1 is 0.389 bits per heavy atom. The molecule has 0 saturated heterocycles. The Bertz CT molecular complexity index is 2810. The van der Waals surface area contributed by atoms with Crippen LogP contribution in [0.25, 0.3) is 67.1 Å². The average molecular weight is 706 g/mol. The molecular weight excluding hydrogens is 675 g/mol. The van der Waals surface area contributed by atoms with Crippen LogP contribution >= 0.6 is 11.8 Å². The third-order valence-corrected chi connectivity index (χ3v) is 12.3. The third-order valence-electron chi connectivity index (χ3n) is 11.0. The number of fused-ring (bicyclic) bond motifs is 10. The molecule has 0 saturated carbocycles. The fourth-order valence-electron chi connectivity index (χ4n) is 8.74. The average Bonchev–Trinajstić information content (AvgIpc) is 3.54. The third kappa shape index (κ3) is 4.54. The minimum atomic E-state index is -0.563. The number of nitrogens with zero attached hydrogens (tertiary/aromatic N) is 3. The molecular formula is C50H31N3S. The predicted molar refractivity (Wildman–Crippen MR) is 221 cm³/mol. The number of pyridine rings is 1. The van der Waals surface area contributed by atoms with Crippen molar-refractivity contribution < 1.29 is 0 Å². The minimum absolute atomic E-state index is 0.563. The molecule has 9 aromatic rings. The summed E-state index contributed by atoms with van der Waals surface area (Å²) in [5.41, 5.74) is 15.3. The molecule has 3 heterocycles. The van der Waals surface area contributed by atoms with E-state index >= 15 is 0 Å². The van der Waals surface area contributed by atoms with Crippen molar-refractivity contribution in [1.82, 2.24) is 15.0 Å². The van der Waals surface area contributed by atoms with E-state index in [9.17, 15) is 0 Å². The zero-order valence-corrected chi connectivity index (χ0v) is 30.0. The molecule has 0 bridgehead atoms. The zero-order chi connectivity index (χ0) is 35.6. The Hall–Kier alpha value is -6.62. The smallest absolute Gasteiger partial charge is 0.161 e. The van der Waals surface area contributed by atoms with E-state index in [4.69, 9.17) is 15.0 Å². The van der Waals surface area contributed by atoms with Crippen molar-refractivity contribution in [3.63, 3.8) is 0 Å². The number of hydrogen-bond acceptors (Lipinski definition) is 4. The summed E-state index contributed by atoms with van der Waals surface area (Å²) >= 11 is 1.84. The largest absolute Gasteiger partial charge is 0.256 e. The standard InChI is InChI=1S/C50H31N3S/c1-3-15-32(16-4-1)44-31-45(33-17-5-2-6-18-33)53-49(52-44)39-25-13-29-43-48(39)54-47-38(37-23-11-19-34-20-14-30-51-46(34)37)24-12-28-42(47)50(43)40-26-9-7-21-35(40)36-22-8-10-27-41(36)50/h1-31H. The van der Waals surface area contributed by atoms with Crippen LogP contribution in [0.5, 0.6) is 0 Å². The van der Waals surface area contributed by atoms with Crippen LogP contribution in [-0.2, 0) is 5.41 Å². The van der Waals surface area contributed by atoms with E-state index in [1.807, 2.05) is 36.2 Å². The van der Waals surface area contributed by atoms with E-state index < -0.39 is 5.41 Å². The molecule has 0 fully saturated rings. The molecule has 54 heavy (non-hydrogen) atoms. The van der Waals surface area contributed by atoms with Gasteiger partial charge in [0.2, 0.25) is 0 Å². The van der Waals surface area contributed by atoms with Gasteiger partial charge in [-0.15, -0.1) is 0 Å². The lowest BCUT2D eigenvalue weighted by molar-refractivity contribution is 0.723. The van der Waals surface area contributed by atoms with Gasteiger partial charge in [0.1, 0.15) is 0 Å². The molecule has 0 amide bonds. The lowest BCUT2D eigenvalue weighted by Gasteiger charge is -2.41. The maximum atomic E-state index is 5.35. The van der Waals surface area contributed by atoms with Gasteiger partial charge >= 0.3 is 0 Å². The molecule has 1 spiro atoms. The number of para-hydroxylation sites is 1. The first kappa shape index (κ1) is 31.0. The summed E-state index contributed by atoms with van der Waals surface area (Å²) in [6.45, 7) is 0. The SMILES string of the molecule is c1ccc(-c2cc(-c3ccccc3)nc(-c3cccc4c3Sc3c(-c5cccc6cccnc56)cccc3C43c4ccccc4-c4ccccc43)n2)cc1. The van der Waals surface area contributed by atoms with Gasteiger partial charge in [-0.25, -0.2) is 9.97 Å². The maximum Gasteiger partial charge on any atom is 0.161 e. The summed E-state index contributed by atoms with van der Waals surface area (Å²) < 4.78 is 0. The normalized spacial score (nSPS) is 13.3. The van der Waals surface area contributed by atoms with E-state index in [0.717, 1.165) is 44.5 Å². The highest BCUT2D eigenvalue weighted by Gasteiger charge is 2.51. The first-order valence-electron chi connectivity index (χ1n) is 18.3. The molecule has 1 aliphatic heterocycles. The molecule has 0 unspecified atom stereocenters. The summed E-state index contributed by atoms with van der Waals surface area (Å²) in [6, 6.07) is 65.2. The zero-order valence-electron chi connectivity index (χ0n) is 29.1. The van der Waals surface area contributed by atoms with Crippen molar-refractivity contribution in [3.8, 4) is 56.2 Å². The topological polar surface area (TPSA) is 38.7 Å². The molecule has 3 nitrogen and oxygen atoms in total. The molecule has 4 heteroatoms. The van der Waals surface area contributed by atoms with Gasteiger partial charge in [-0.2, -0.15) is 0 Å². The second-order valence-corrected chi connectivity index (χ2v) is 14.9. The second kappa shape index (κ2) is 12.2. The Morgan fingerprint density at radius 2 is 0.870 bits per heavy atom. The highest BCUT2D eigenvalue weighted by atomic mass is 32.2. The summed E-state index contributed by atoms with van der Waals surface area (Å²) in [7, 11) is 0. The van der Waals surface area contributed by atoms with E-state index in [-0.39, 0.29) is 0 Å². The first-order valence-corrected chi connectivity index (χ1v) is 19.1. The summed E-state index contributed by atoms with van der Waals surface area (Å²) in [4.78, 5) is 18.0. The lowest BCUT2D eigenvalue weighted by Crippen LogP contribution is -2.32. The molecule has 0 radical (unpaired) electrons. The Balaban J connectivity index is 1.24. The molecule has 2 aromatic heterocycles. The first-order chi connectivity index (χ1) is 26.8. The van der Waals surface area contributed by atoms with Crippen molar-refractivity contribution in [2.75, 3.05) is 0 Å². The number of benzene rings is 7. The lowest BCUT2D eigenvalue weighted by atomic mass is 9.66. The van der Waals surface area contributed by atoms with Gasteiger partial charge in [0.05, 0.1) is 22.3 Å². The van der Waals surface area contributed by atoms with Crippen LogP contribution in [-0.4, -0.2) is 15.0 Å². The summed E-state index contributed by atoms with van der Waals surface area (Å²) in [5.74, 6) is 0.710. The van der Waals surface area contributed by atoms with E-state index in [2.05, 4.69) is 164 Å². The van der Waals surface area contributed by atoms with Crippen LogP contribution in [0, 0.1) is 0 Å². The van der Waals surface area contributed by atoms with Crippen molar-refractivity contribution in [2.45, 2.75) is 15.2 Å². The van der Waals surface area contributed by atoms with Gasteiger partial charge in [-0.05, 0) is 51.1 Å². The predicted octanol–water partition coefficient (Wildman–Crippen LogP) is 12.5. The van der Waals surface area contributed by atoms with Crippen molar-refractivity contribution in [2.24, 2.45) is 0 Å². The monoisotopic (exact) mass is 705 g/mol. The van der Waals surface area contributed by atoms with Gasteiger partial charge in [0, 0.05) is 43.6 Å². The van der Waals surface area contributed by atoms with Crippen molar-refractivity contribution in [3.05, 3.63) is 210 Å². The highest BCUT2D eigenvalue weighted by Crippen LogP contribution is 2.64. The van der Waals surface area contributed by atoms with Gasteiger partial charge < -0.3 is 0 Å². The van der Waals surface area contributed by atoms with Gasteiger partial charge in [0.25, 0.3) is 0 Å². The highest BCUT2D eigenvalue weighted by molar-refractivity contribution is 7.99. The van der Waals surface area contributed by atoms with Crippen LogP contribution in [0.2, 0.25) is 0 Å². The van der Waals surface area contributed by atoms with Crippen LogP contribution in [0.1, 0.15) is 22.3 Å². The van der Waals surface area contributed by atoms with Gasteiger partial charge in [0.15, 0.2) is 5.82 Å². The number of hydrogen-bond donors (Lipinski definition) is 0. The summed E-state index contributed by atoms with van der Waals surface area (Å²) in [6.07, 6.45) is 1.90. The second-order valence-electron chi connectivity index (χ2n) is 13.9. The number of aromatic nitrogens is 3. The Kier molecular flexibility index (Phi) is 7.01. The Morgan fingerprint density at radius 3 is 1.52 bits per heavy atom. The fourth-order valence-corrected chi connectivity index (χ4v) is 10.2. The Labute approximate surface area is 318 Å². The molecule has 11 rings (SSSR count). The van der Waals surface area contributed by atoms with Crippen LogP contribution in [0.3, 0.4) is 0 Å². The van der Waals surface area contributed by atoms with Crippen LogP contribution < -0.4 is 0 Å². The summed E-state index contributed by atoms with van der Waals surface area (Å²) in [5, 5.41) is 1.13. The van der Waals surface area contributed by atoms with Crippen LogP contribution in [0.15, 0.2) is 198 Å². The van der Waals surface area contributed by atoms with Crippen LogP contribution in [0.4, 0.5) is 0 Å². The quantitative estimate of drug-likeness (QED) is 0.183. The molecule has 0 N–H and O–H groups in total. The molecule has 0 atom stereocenters. The van der Waals surface area contributed by atoms with E-state index in [1.54, 1.807) is 0 Å². The fraction of sp³-hybridized carbons (Fsp3) is 0.0200. The molecule has 2 aliphatic rings. The molecule has 252 valence electrons. The minimum Gasteiger partial charge on any atom is -0.256 e. The maximum absolute atomic E-state index is 5.35. The van der Waals surface area contributed by atoms with E-state index in [0.29, 0.717) is 5.82 Å². The van der Waals surface area contributed by atoms with E-state index in [1.165, 1.54) is 48.7 Å².